The largest absolute Gasteiger partial charge is 0.506 e. The number of nitrogens with zero attached hydrogens (tertiary/aromatic N) is 1. The number of aromatic nitrogens is 1. The van der Waals surface area contributed by atoms with Gasteiger partial charge in [-0.15, -0.1) is 0 Å². The molecule has 88 valence electrons. The zero-order valence-corrected chi connectivity index (χ0v) is 9.51. The van der Waals surface area contributed by atoms with Gasteiger partial charge in [-0.1, -0.05) is 12.1 Å². The summed E-state index contributed by atoms with van der Waals surface area (Å²) in [5.41, 5.74) is 1.32. The summed E-state index contributed by atoms with van der Waals surface area (Å²) in [5, 5.41) is 10.4. The first kappa shape index (κ1) is 11.4. The Morgan fingerprint density at radius 1 is 1.41 bits per heavy atom. The fraction of sp³-hybridized carbons (Fsp3) is 0.231. The van der Waals surface area contributed by atoms with Gasteiger partial charge in [0.25, 0.3) is 0 Å². The maximum absolute atomic E-state index is 11.4. The fourth-order valence-corrected chi connectivity index (χ4v) is 1.74. The van der Waals surface area contributed by atoms with E-state index in [1.54, 1.807) is 31.3 Å². The SMILES string of the molecule is CCOC(=O)Cc1ccc(O)c2ncccc12. The average Bonchev–Trinajstić information content (AvgIpc) is 2.34. The van der Waals surface area contributed by atoms with Gasteiger partial charge in [-0.25, -0.2) is 0 Å². The third-order valence-electron chi connectivity index (χ3n) is 2.48. The highest BCUT2D eigenvalue weighted by Crippen LogP contribution is 2.25. The number of pyridine rings is 1. The summed E-state index contributed by atoms with van der Waals surface area (Å²) in [5.74, 6) is -0.156. The molecule has 0 spiro atoms. The van der Waals surface area contributed by atoms with Gasteiger partial charge in [-0.3, -0.25) is 9.78 Å². The molecule has 0 bridgehead atoms. The van der Waals surface area contributed by atoms with E-state index in [-0.39, 0.29) is 18.1 Å². The summed E-state index contributed by atoms with van der Waals surface area (Å²) >= 11 is 0. The van der Waals surface area contributed by atoms with Crippen LogP contribution >= 0.6 is 0 Å². The number of aromatic hydroxyl groups is 1. The lowest BCUT2D eigenvalue weighted by Crippen LogP contribution is -2.07. The first-order chi connectivity index (χ1) is 8.22. The van der Waals surface area contributed by atoms with E-state index >= 15 is 0 Å². The van der Waals surface area contributed by atoms with Gasteiger partial charge in [-0.05, 0) is 24.6 Å². The lowest BCUT2D eigenvalue weighted by molar-refractivity contribution is -0.142. The summed E-state index contributed by atoms with van der Waals surface area (Å²) in [6, 6.07) is 6.87. The molecule has 0 radical (unpaired) electrons. The van der Waals surface area contributed by atoms with Crippen molar-refractivity contribution in [3.63, 3.8) is 0 Å². The molecule has 1 N–H and O–H groups in total. The van der Waals surface area contributed by atoms with Crippen molar-refractivity contribution in [1.82, 2.24) is 4.98 Å². The van der Waals surface area contributed by atoms with E-state index in [1.807, 2.05) is 6.07 Å². The first-order valence-electron chi connectivity index (χ1n) is 5.43. The van der Waals surface area contributed by atoms with E-state index in [1.165, 1.54) is 0 Å². The molecule has 0 aliphatic rings. The Labute approximate surface area is 98.9 Å². The van der Waals surface area contributed by atoms with Crippen molar-refractivity contribution >= 4 is 16.9 Å². The molecule has 0 amide bonds. The van der Waals surface area contributed by atoms with Gasteiger partial charge in [0.2, 0.25) is 0 Å². The van der Waals surface area contributed by atoms with E-state index in [0.29, 0.717) is 12.1 Å². The van der Waals surface area contributed by atoms with Crippen molar-refractivity contribution in [2.24, 2.45) is 0 Å². The van der Waals surface area contributed by atoms with Crippen LogP contribution in [0.3, 0.4) is 0 Å². The first-order valence-corrected chi connectivity index (χ1v) is 5.43. The maximum atomic E-state index is 11.4. The normalized spacial score (nSPS) is 10.4. The minimum atomic E-state index is -0.275. The van der Waals surface area contributed by atoms with Gasteiger partial charge in [0.1, 0.15) is 11.3 Å². The van der Waals surface area contributed by atoms with Crippen LogP contribution in [0.25, 0.3) is 10.9 Å². The summed E-state index contributed by atoms with van der Waals surface area (Å²) in [7, 11) is 0. The van der Waals surface area contributed by atoms with Gasteiger partial charge >= 0.3 is 5.97 Å². The quantitative estimate of drug-likeness (QED) is 0.821. The molecule has 0 saturated carbocycles. The summed E-state index contributed by atoms with van der Waals surface area (Å²) in [6.45, 7) is 2.14. The smallest absolute Gasteiger partial charge is 0.310 e. The second-order valence-electron chi connectivity index (χ2n) is 3.63. The summed E-state index contributed by atoms with van der Waals surface area (Å²) < 4.78 is 4.90. The van der Waals surface area contributed by atoms with Crippen LogP contribution in [0.4, 0.5) is 0 Å². The highest BCUT2D eigenvalue weighted by Gasteiger charge is 2.10. The van der Waals surface area contributed by atoms with Crippen LogP contribution < -0.4 is 0 Å². The minimum Gasteiger partial charge on any atom is -0.506 e. The number of phenols is 1. The number of rotatable bonds is 3. The monoisotopic (exact) mass is 231 g/mol. The predicted molar refractivity (Wildman–Crippen MR) is 63.7 cm³/mol. The number of hydrogen-bond acceptors (Lipinski definition) is 4. The van der Waals surface area contributed by atoms with Crippen molar-refractivity contribution in [3.8, 4) is 5.75 Å². The number of esters is 1. The van der Waals surface area contributed by atoms with Gasteiger partial charge in [0.15, 0.2) is 0 Å². The molecule has 1 aromatic carbocycles. The van der Waals surface area contributed by atoms with E-state index in [2.05, 4.69) is 4.98 Å². The zero-order chi connectivity index (χ0) is 12.3. The summed E-state index contributed by atoms with van der Waals surface area (Å²) in [6.07, 6.45) is 1.80. The van der Waals surface area contributed by atoms with Crippen LogP contribution in [0, 0.1) is 0 Å². The van der Waals surface area contributed by atoms with Gasteiger partial charge in [0, 0.05) is 11.6 Å². The topological polar surface area (TPSA) is 59.4 Å². The summed E-state index contributed by atoms with van der Waals surface area (Å²) in [4.78, 5) is 15.5. The van der Waals surface area contributed by atoms with Crippen molar-refractivity contribution in [3.05, 3.63) is 36.0 Å². The molecular formula is C13H13NO3. The number of carbonyl (C=O) groups excluding carboxylic acids is 1. The van der Waals surface area contributed by atoms with Crippen LogP contribution in [-0.4, -0.2) is 22.7 Å². The molecule has 1 aromatic heterocycles. The molecule has 0 saturated heterocycles. The standard InChI is InChI=1S/C13H13NO3/c1-2-17-12(16)8-9-5-6-11(15)13-10(9)4-3-7-14-13/h3-7,15H,2,8H2,1H3. The van der Waals surface area contributed by atoms with Gasteiger partial charge < -0.3 is 9.84 Å². The highest BCUT2D eigenvalue weighted by atomic mass is 16.5. The molecular weight excluding hydrogens is 218 g/mol. The Morgan fingerprint density at radius 2 is 2.24 bits per heavy atom. The minimum absolute atomic E-state index is 0.119. The second-order valence-corrected chi connectivity index (χ2v) is 3.63. The molecule has 0 fully saturated rings. The second kappa shape index (κ2) is 4.82. The van der Waals surface area contributed by atoms with Crippen molar-refractivity contribution in [2.45, 2.75) is 13.3 Å². The van der Waals surface area contributed by atoms with Crippen molar-refractivity contribution < 1.29 is 14.6 Å². The third-order valence-corrected chi connectivity index (χ3v) is 2.48. The lowest BCUT2D eigenvalue weighted by Gasteiger charge is -2.06. The molecule has 0 atom stereocenters. The Kier molecular flexibility index (Phi) is 3.23. The Hall–Kier alpha value is -2.10. The number of hydrogen-bond donors (Lipinski definition) is 1. The third kappa shape index (κ3) is 2.36. The maximum Gasteiger partial charge on any atom is 0.310 e. The van der Waals surface area contributed by atoms with Crippen LogP contribution in [0.2, 0.25) is 0 Å². The Morgan fingerprint density at radius 3 is 3.00 bits per heavy atom. The average molecular weight is 231 g/mol. The molecule has 0 unspecified atom stereocenters. The van der Waals surface area contributed by atoms with E-state index in [0.717, 1.165) is 10.9 Å². The van der Waals surface area contributed by atoms with Gasteiger partial charge in [0.05, 0.1) is 13.0 Å². The van der Waals surface area contributed by atoms with E-state index in [4.69, 9.17) is 4.74 Å². The number of fused-ring (bicyclic) bond motifs is 1. The van der Waals surface area contributed by atoms with Crippen molar-refractivity contribution in [2.75, 3.05) is 6.61 Å². The predicted octanol–water partition coefficient (Wildman–Crippen LogP) is 2.05. The molecule has 1 heterocycles. The number of benzene rings is 1. The Balaban J connectivity index is 2.41. The molecule has 0 aliphatic heterocycles. The molecule has 2 aromatic rings. The molecule has 0 aliphatic carbocycles. The number of carbonyl (C=O) groups is 1. The van der Waals surface area contributed by atoms with Gasteiger partial charge in [-0.2, -0.15) is 0 Å². The van der Waals surface area contributed by atoms with Crippen LogP contribution in [-0.2, 0) is 16.0 Å². The number of phenolic OH excluding ortho intramolecular Hbond substituents is 1. The fourth-order valence-electron chi connectivity index (χ4n) is 1.74. The van der Waals surface area contributed by atoms with Crippen molar-refractivity contribution in [1.29, 1.82) is 0 Å². The lowest BCUT2D eigenvalue weighted by atomic mass is 10.1. The van der Waals surface area contributed by atoms with Crippen LogP contribution in [0.1, 0.15) is 12.5 Å². The van der Waals surface area contributed by atoms with E-state index < -0.39 is 0 Å². The Bertz CT molecular complexity index is 551. The molecule has 4 heteroatoms. The van der Waals surface area contributed by atoms with Crippen LogP contribution in [0.5, 0.6) is 5.75 Å². The molecule has 4 nitrogen and oxygen atoms in total. The number of ether oxygens (including phenoxy) is 1. The zero-order valence-electron chi connectivity index (χ0n) is 9.51. The highest BCUT2D eigenvalue weighted by molar-refractivity contribution is 5.90. The molecule has 17 heavy (non-hydrogen) atoms. The van der Waals surface area contributed by atoms with E-state index in [9.17, 15) is 9.90 Å². The van der Waals surface area contributed by atoms with Crippen LogP contribution in [0.15, 0.2) is 30.5 Å². The molecule has 2 rings (SSSR count).